The van der Waals surface area contributed by atoms with E-state index in [1.54, 1.807) is 11.3 Å². The zero-order valence-corrected chi connectivity index (χ0v) is 13.0. The summed E-state index contributed by atoms with van der Waals surface area (Å²) in [5.74, 6) is 0.627. The van der Waals surface area contributed by atoms with Crippen LogP contribution in [-0.2, 0) is 17.7 Å². The summed E-state index contributed by atoms with van der Waals surface area (Å²) in [6.07, 6.45) is 3.35. The highest BCUT2D eigenvalue weighted by Gasteiger charge is 2.29. The monoisotopic (exact) mass is 294 g/mol. The minimum absolute atomic E-state index is 0.168. The van der Waals surface area contributed by atoms with Crippen LogP contribution in [0.2, 0.25) is 0 Å². The first kappa shape index (κ1) is 13.9. The zero-order valence-electron chi connectivity index (χ0n) is 12.2. The predicted molar refractivity (Wildman–Crippen MR) is 81.7 cm³/mol. The number of rotatable bonds is 2. The maximum atomic E-state index is 12.2. The summed E-state index contributed by atoms with van der Waals surface area (Å²) in [6.45, 7) is 6.25. The number of nitrogens with zero attached hydrogens (tertiary/aromatic N) is 1. The lowest BCUT2D eigenvalue weighted by Gasteiger charge is -2.31. The van der Waals surface area contributed by atoms with Crippen molar-refractivity contribution in [1.82, 2.24) is 5.32 Å². The Hall–Kier alpha value is -1.07. The number of hydrogen-bond acceptors (Lipinski definition) is 5. The van der Waals surface area contributed by atoms with Gasteiger partial charge in [0.25, 0.3) is 0 Å². The highest BCUT2D eigenvalue weighted by Crippen LogP contribution is 2.39. The smallest absolute Gasteiger partial charge is 0.341 e. The van der Waals surface area contributed by atoms with Gasteiger partial charge in [0.15, 0.2) is 0 Å². The molecule has 3 heterocycles. The molecule has 0 unspecified atom stereocenters. The maximum absolute atomic E-state index is 12.2. The Kier molecular flexibility index (Phi) is 3.98. The molecule has 0 amide bonds. The number of esters is 1. The van der Waals surface area contributed by atoms with E-state index in [-0.39, 0.29) is 5.97 Å². The van der Waals surface area contributed by atoms with E-state index in [0.29, 0.717) is 0 Å². The van der Waals surface area contributed by atoms with Crippen molar-refractivity contribution in [2.75, 3.05) is 31.6 Å². The molecule has 1 fully saturated rings. The summed E-state index contributed by atoms with van der Waals surface area (Å²) < 4.78 is 5.03. The fourth-order valence-electron chi connectivity index (χ4n) is 3.07. The first-order valence-electron chi connectivity index (χ1n) is 7.39. The van der Waals surface area contributed by atoms with E-state index in [0.717, 1.165) is 49.1 Å². The normalized spacial score (nSPS) is 19.8. The fourth-order valence-corrected chi connectivity index (χ4v) is 4.42. The third kappa shape index (κ3) is 2.44. The fraction of sp³-hybridized carbons (Fsp3) is 0.667. The van der Waals surface area contributed by atoms with Crippen molar-refractivity contribution in [1.29, 1.82) is 0 Å². The van der Waals surface area contributed by atoms with Gasteiger partial charge in [0, 0.05) is 24.5 Å². The van der Waals surface area contributed by atoms with Crippen LogP contribution in [0, 0.1) is 5.92 Å². The van der Waals surface area contributed by atoms with Gasteiger partial charge in [0.05, 0.1) is 12.7 Å². The van der Waals surface area contributed by atoms with Crippen LogP contribution in [0.15, 0.2) is 0 Å². The first-order chi connectivity index (χ1) is 9.70. The molecular formula is C15H22N2O2S. The summed E-state index contributed by atoms with van der Waals surface area (Å²) in [6, 6.07) is 0. The Labute approximate surface area is 124 Å². The molecule has 110 valence electrons. The van der Waals surface area contributed by atoms with Gasteiger partial charge in [-0.15, -0.1) is 11.3 Å². The second-order valence-corrected chi connectivity index (χ2v) is 6.86. The van der Waals surface area contributed by atoms with Crippen molar-refractivity contribution in [3.63, 3.8) is 0 Å². The Morgan fingerprint density at radius 3 is 2.85 bits per heavy atom. The largest absolute Gasteiger partial charge is 0.465 e. The molecule has 0 spiro atoms. The van der Waals surface area contributed by atoms with E-state index < -0.39 is 0 Å². The summed E-state index contributed by atoms with van der Waals surface area (Å²) in [7, 11) is 1.48. The number of anilines is 1. The molecular weight excluding hydrogens is 272 g/mol. The number of methoxy groups -OCH3 is 1. The Balaban J connectivity index is 1.96. The van der Waals surface area contributed by atoms with Gasteiger partial charge in [-0.25, -0.2) is 4.79 Å². The molecule has 0 bridgehead atoms. The third-order valence-electron chi connectivity index (χ3n) is 4.37. The number of piperidine rings is 1. The van der Waals surface area contributed by atoms with Crippen LogP contribution in [0.5, 0.6) is 0 Å². The summed E-state index contributed by atoms with van der Waals surface area (Å²) in [5.41, 5.74) is 2.05. The van der Waals surface area contributed by atoms with Gasteiger partial charge in [-0.05, 0) is 37.3 Å². The average Bonchev–Trinajstić information content (AvgIpc) is 2.86. The molecule has 2 aliphatic heterocycles. The maximum Gasteiger partial charge on any atom is 0.341 e. The summed E-state index contributed by atoms with van der Waals surface area (Å²) >= 11 is 1.78. The molecule has 3 rings (SSSR count). The van der Waals surface area contributed by atoms with Crippen LogP contribution in [0.25, 0.3) is 0 Å². The van der Waals surface area contributed by atoms with E-state index in [4.69, 9.17) is 4.74 Å². The van der Waals surface area contributed by atoms with Gasteiger partial charge in [0.1, 0.15) is 5.00 Å². The molecule has 0 atom stereocenters. The Morgan fingerprint density at radius 2 is 2.15 bits per heavy atom. The Morgan fingerprint density at radius 1 is 1.40 bits per heavy atom. The quantitative estimate of drug-likeness (QED) is 0.851. The van der Waals surface area contributed by atoms with Crippen LogP contribution < -0.4 is 10.2 Å². The topological polar surface area (TPSA) is 41.6 Å². The molecule has 0 aromatic carbocycles. The standard InChI is InChI=1S/C15H22N2O2S/c1-10-4-7-17(8-5-10)14-13(15(18)19-2)11-3-6-16-9-12(11)20-14/h10,16H,3-9H2,1-2H3. The van der Waals surface area contributed by atoms with Crippen LogP contribution in [0.3, 0.4) is 0 Å². The van der Waals surface area contributed by atoms with Crippen molar-refractivity contribution >= 4 is 22.3 Å². The SMILES string of the molecule is COC(=O)c1c(N2CCC(C)CC2)sc2c1CCNC2. The van der Waals surface area contributed by atoms with E-state index in [1.807, 2.05) is 0 Å². The Bertz CT molecular complexity index is 504. The van der Waals surface area contributed by atoms with E-state index in [1.165, 1.54) is 30.4 Å². The zero-order chi connectivity index (χ0) is 14.1. The van der Waals surface area contributed by atoms with Gasteiger partial charge >= 0.3 is 5.97 Å². The lowest BCUT2D eigenvalue weighted by atomic mass is 9.98. The minimum Gasteiger partial charge on any atom is -0.465 e. The molecule has 0 aliphatic carbocycles. The highest BCUT2D eigenvalue weighted by molar-refractivity contribution is 7.16. The van der Waals surface area contributed by atoms with Gasteiger partial charge in [-0.3, -0.25) is 0 Å². The van der Waals surface area contributed by atoms with Crippen molar-refractivity contribution in [2.24, 2.45) is 5.92 Å². The van der Waals surface area contributed by atoms with Crippen molar-refractivity contribution in [3.05, 3.63) is 16.0 Å². The molecule has 1 saturated heterocycles. The number of hydrogen-bond donors (Lipinski definition) is 1. The molecule has 2 aliphatic rings. The second kappa shape index (κ2) is 5.74. The van der Waals surface area contributed by atoms with Gasteiger partial charge < -0.3 is 15.0 Å². The molecule has 0 radical (unpaired) electrons. The first-order valence-corrected chi connectivity index (χ1v) is 8.21. The van der Waals surface area contributed by atoms with Crippen LogP contribution in [0.1, 0.15) is 40.6 Å². The van der Waals surface area contributed by atoms with Crippen molar-refractivity contribution in [2.45, 2.75) is 32.7 Å². The van der Waals surface area contributed by atoms with Crippen molar-refractivity contribution in [3.8, 4) is 0 Å². The number of carbonyl (C=O) groups excluding carboxylic acids is 1. The number of ether oxygens (including phenoxy) is 1. The molecule has 5 heteroatoms. The minimum atomic E-state index is -0.168. The van der Waals surface area contributed by atoms with Crippen LogP contribution in [0.4, 0.5) is 5.00 Å². The third-order valence-corrected chi connectivity index (χ3v) is 5.66. The van der Waals surface area contributed by atoms with Crippen LogP contribution in [-0.4, -0.2) is 32.7 Å². The lowest BCUT2D eigenvalue weighted by Crippen LogP contribution is -2.33. The number of fused-ring (bicyclic) bond motifs is 1. The highest BCUT2D eigenvalue weighted by atomic mass is 32.1. The molecule has 1 N–H and O–H groups in total. The number of thiophene rings is 1. The predicted octanol–water partition coefficient (Wildman–Crippen LogP) is 2.42. The van der Waals surface area contributed by atoms with Gasteiger partial charge in [0.2, 0.25) is 0 Å². The van der Waals surface area contributed by atoms with Crippen LogP contribution >= 0.6 is 11.3 Å². The van der Waals surface area contributed by atoms with Gasteiger partial charge in [-0.1, -0.05) is 6.92 Å². The summed E-state index contributed by atoms with van der Waals surface area (Å²) in [5, 5.41) is 4.52. The molecule has 1 aromatic rings. The van der Waals surface area contributed by atoms with Crippen molar-refractivity contribution < 1.29 is 9.53 Å². The lowest BCUT2D eigenvalue weighted by molar-refractivity contribution is 0.0600. The molecule has 1 aromatic heterocycles. The number of nitrogens with one attached hydrogen (secondary N) is 1. The van der Waals surface area contributed by atoms with E-state index >= 15 is 0 Å². The average molecular weight is 294 g/mol. The molecule has 20 heavy (non-hydrogen) atoms. The molecule has 0 saturated carbocycles. The van der Waals surface area contributed by atoms with Gasteiger partial charge in [-0.2, -0.15) is 0 Å². The van der Waals surface area contributed by atoms with E-state index in [2.05, 4.69) is 17.1 Å². The summed E-state index contributed by atoms with van der Waals surface area (Å²) in [4.78, 5) is 15.9. The van der Waals surface area contributed by atoms with E-state index in [9.17, 15) is 4.79 Å². The number of carbonyl (C=O) groups is 1. The second-order valence-electron chi connectivity index (χ2n) is 5.77. The molecule has 4 nitrogen and oxygen atoms in total.